The maximum atomic E-state index is 12.6. The molecule has 0 unspecified atom stereocenters. The van der Waals surface area contributed by atoms with Gasteiger partial charge in [-0.25, -0.2) is 8.42 Å². The van der Waals surface area contributed by atoms with Crippen LogP contribution in [0.15, 0.2) is 40.1 Å². The van der Waals surface area contributed by atoms with Crippen molar-refractivity contribution in [1.29, 1.82) is 0 Å². The minimum absolute atomic E-state index is 0.0579. The van der Waals surface area contributed by atoms with E-state index in [1.54, 1.807) is 20.8 Å². The molecule has 0 radical (unpaired) electrons. The number of hydrogen-bond donors (Lipinski definition) is 2. The minimum atomic E-state index is -3.67. The van der Waals surface area contributed by atoms with E-state index in [2.05, 4.69) is 0 Å². The molecule has 0 aliphatic heterocycles. The van der Waals surface area contributed by atoms with E-state index in [4.69, 9.17) is 0 Å². The zero-order valence-corrected chi connectivity index (χ0v) is 12.3. The molecule has 2 aromatic rings. The van der Waals surface area contributed by atoms with Crippen molar-refractivity contribution < 1.29 is 18.6 Å². The van der Waals surface area contributed by atoms with Gasteiger partial charge in [-0.05, 0) is 67.8 Å². The fourth-order valence-electron chi connectivity index (χ4n) is 1.99. The molecule has 5 heteroatoms. The molecule has 4 nitrogen and oxygen atoms in total. The van der Waals surface area contributed by atoms with Crippen molar-refractivity contribution in [2.24, 2.45) is 0 Å². The molecule has 0 bridgehead atoms. The van der Waals surface area contributed by atoms with Gasteiger partial charge in [-0.2, -0.15) is 0 Å². The average Bonchev–Trinajstić information content (AvgIpc) is 2.38. The first-order valence-electron chi connectivity index (χ1n) is 6.09. The molecule has 0 atom stereocenters. The summed E-state index contributed by atoms with van der Waals surface area (Å²) < 4.78 is 25.2. The predicted octanol–water partition coefficient (Wildman–Crippen LogP) is 2.86. The first-order valence-corrected chi connectivity index (χ1v) is 7.57. The van der Waals surface area contributed by atoms with E-state index in [1.165, 1.54) is 30.3 Å². The second-order valence-corrected chi connectivity index (χ2v) is 6.70. The molecule has 0 heterocycles. The van der Waals surface area contributed by atoms with E-state index in [9.17, 15) is 18.6 Å². The van der Waals surface area contributed by atoms with Gasteiger partial charge >= 0.3 is 0 Å². The molecule has 2 aromatic carbocycles. The van der Waals surface area contributed by atoms with Crippen LogP contribution in [-0.2, 0) is 9.84 Å². The summed E-state index contributed by atoms with van der Waals surface area (Å²) in [7, 11) is -3.67. The van der Waals surface area contributed by atoms with Crippen LogP contribution in [0.1, 0.15) is 16.7 Å². The van der Waals surface area contributed by atoms with Gasteiger partial charge in [0.25, 0.3) is 0 Å². The van der Waals surface area contributed by atoms with Crippen molar-refractivity contribution in [3.63, 3.8) is 0 Å². The Hall–Kier alpha value is -2.01. The topological polar surface area (TPSA) is 74.6 Å². The maximum Gasteiger partial charge on any atom is 0.206 e. The fourth-order valence-corrected chi connectivity index (χ4v) is 3.63. The zero-order valence-electron chi connectivity index (χ0n) is 11.5. The number of phenolic OH excluding ortho intramolecular Hbond substituents is 2. The number of benzene rings is 2. The number of phenols is 2. The standard InChI is InChI=1S/C15H16O4S/c1-9-8-12(4-5-13(9)16)20(18,19)15-7-6-14(17)10(2)11(15)3/h4-8,16-17H,1-3H3. The van der Waals surface area contributed by atoms with Gasteiger partial charge < -0.3 is 10.2 Å². The normalized spacial score (nSPS) is 11.6. The van der Waals surface area contributed by atoms with Crippen molar-refractivity contribution >= 4 is 9.84 Å². The Balaban J connectivity index is 2.67. The Morgan fingerprint density at radius 2 is 1.45 bits per heavy atom. The summed E-state index contributed by atoms with van der Waals surface area (Å²) in [5.41, 5.74) is 1.57. The number of rotatable bonds is 2. The average molecular weight is 292 g/mol. The summed E-state index contributed by atoms with van der Waals surface area (Å²) in [4.78, 5) is 0.291. The van der Waals surface area contributed by atoms with Gasteiger partial charge in [0.2, 0.25) is 9.84 Å². The minimum Gasteiger partial charge on any atom is -0.508 e. The van der Waals surface area contributed by atoms with Crippen LogP contribution >= 0.6 is 0 Å². The molecule has 0 spiro atoms. The van der Waals surface area contributed by atoms with Gasteiger partial charge in [-0.3, -0.25) is 0 Å². The van der Waals surface area contributed by atoms with Gasteiger partial charge in [0.05, 0.1) is 9.79 Å². The molecule has 0 saturated heterocycles. The SMILES string of the molecule is Cc1cc(S(=O)(=O)c2ccc(O)c(C)c2C)ccc1O. The summed E-state index contributed by atoms with van der Waals surface area (Å²) in [6.45, 7) is 4.98. The molecule has 0 aliphatic carbocycles. The van der Waals surface area contributed by atoms with Crippen LogP contribution in [0.4, 0.5) is 0 Å². The first-order chi connectivity index (χ1) is 9.25. The van der Waals surface area contributed by atoms with E-state index >= 15 is 0 Å². The molecule has 0 aromatic heterocycles. The zero-order chi connectivity index (χ0) is 15.1. The van der Waals surface area contributed by atoms with Crippen molar-refractivity contribution in [3.8, 4) is 11.5 Å². The lowest BCUT2D eigenvalue weighted by molar-refractivity contribution is 0.469. The maximum absolute atomic E-state index is 12.6. The monoisotopic (exact) mass is 292 g/mol. The van der Waals surface area contributed by atoms with Crippen LogP contribution in [0.2, 0.25) is 0 Å². The molecule has 106 valence electrons. The molecular weight excluding hydrogens is 276 g/mol. The Morgan fingerprint density at radius 3 is 2.05 bits per heavy atom. The van der Waals surface area contributed by atoms with E-state index in [-0.39, 0.29) is 21.3 Å². The lowest BCUT2D eigenvalue weighted by Gasteiger charge is -2.12. The highest BCUT2D eigenvalue weighted by Crippen LogP contribution is 2.31. The van der Waals surface area contributed by atoms with Gasteiger partial charge in [0, 0.05) is 0 Å². The van der Waals surface area contributed by atoms with E-state index in [0.717, 1.165) is 0 Å². The van der Waals surface area contributed by atoms with E-state index in [1.807, 2.05) is 0 Å². The Labute approximate surface area is 118 Å². The second-order valence-electron chi connectivity index (χ2n) is 4.78. The molecule has 2 N–H and O–H groups in total. The van der Waals surface area contributed by atoms with E-state index < -0.39 is 9.84 Å². The number of aryl methyl sites for hydroxylation is 1. The smallest absolute Gasteiger partial charge is 0.206 e. The largest absolute Gasteiger partial charge is 0.508 e. The van der Waals surface area contributed by atoms with Crippen LogP contribution in [0.3, 0.4) is 0 Å². The number of aromatic hydroxyl groups is 2. The van der Waals surface area contributed by atoms with Gasteiger partial charge in [-0.1, -0.05) is 0 Å². The Bertz CT molecular complexity index is 777. The molecule has 0 saturated carbocycles. The molecule has 2 rings (SSSR count). The van der Waals surface area contributed by atoms with Crippen molar-refractivity contribution in [2.45, 2.75) is 30.6 Å². The number of sulfone groups is 1. The lowest BCUT2D eigenvalue weighted by atomic mass is 10.1. The second kappa shape index (κ2) is 4.83. The van der Waals surface area contributed by atoms with E-state index in [0.29, 0.717) is 16.7 Å². The Morgan fingerprint density at radius 1 is 0.850 bits per heavy atom. The Kier molecular flexibility index (Phi) is 3.48. The van der Waals surface area contributed by atoms with Gasteiger partial charge in [0.1, 0.15) is 11.5 Å². The van der Waals surface area contributed by atoms with Crippen LogP contribution in [-0.4, -0.2) is 18.6 Å². The summed E-state index contributed by atoms with van der Waals surface area (Å²) in [5, 5.41) is 19.1. The van der Waals surface area contributed by atoms with Crippen LogP contribution in [0.5, 0.6) is 11.5 Å². The number of hydrogen-bond acceptors (Lipinski definition) is 4. The van der Waals surface area contributed by atoms with Gasteiger partial charge in [0.15, 0.2) is 0 Å². The predicted molar refractivity (Wildman–Crippen MR) is 75.9 cm³/mol. The fraction of sp³-hybridized carbons (Fsp3) is 0.200. The van der Waals surface area contributed by atoms with Crippen molar-refractivity contribution in [1.82, 2.24) is 0 Å². The molecule has 0 amide bonds. The first kappa shape index (κ1) is 14.4. The highest BCUT2D eigenvalue weighted by Gasteiger charge is 2.22. The van der Waals surface area contributed by atoms with Crippen molar-refractivity contribution in [2.75, 3.05) is 0 Å². The van der Waals surface area contributed by atoms with Crippen LogP contribution in [0.25, 0.3) is 0 Å². The molecule has 20 heavy (non-hydrogen) atoms. The quantitative estimate of drug-likeness (QED) is 0.892. The summed E-state index contributed by atoms with van der Waals surface area (Å²) in [6.07, 6.45) is 0. The highest BCUT2D eigenvalue weighted by molar-refractivity contribution is 7.91. The molecular formula is C15H16O4S. The third kappa shape index (κ3) is 2.25. The third-order valence-electron chi connectivity index (χ3n) is 3.48. The van der Waals surface area contributed by atoms with Crippen molar-refractivity contribution in [3.05, 3.63) is 47.0 Å². The summed E-state index contributed by atoms with van der Waals surface area (Å²) in [5.74, 6) is 0.130. The van der Waals surface area contributed by atoms with Crippen LogP contribution in [0, 0.1) is 20.8 Å². The van der Waals surface area contributed by atoms with Crippen LogP contribution < -0.4 is 0 Å². The van der Waals surface area contributed by atoms with Gasteiger partial charge in [-0.15, -0.1) is 0 Å². The summed E-state index contributed by atoms with van der Waals surface area (Å²) >= 11 is 0. The highest BCUT2D eigenvalue weighted by atomic mass is 32.2. The molecule has 0 fully saturated rings. The summed E-state index contributed by atoms with van der Waals surface area (Å²) in [6, 6.07) is 6.95. The third-order valence-corrected chi connectivity index (χ3v) is 5.37. The molecule has 0 aliphatic rings. The lowest BCUT2D eigenvalue weighted by Crippen LogP contribution is -2.05.